The molecule has 0 aliphatic carbocycles. The molecule has 1 aromatic carbocycles. The van der Waals surface area contributed by atoms with Crippen LogP contribution in [0.15, 0.2) is 22.7 Å². The molecule has 0 bridgehead atoms. The van der Waals surface area contributed by atoms with E-state index in [-0.39, 0.29) is 0 Å². The van der Waals surface area contributed by atoms with Crippen molar-refractivity contribution in [3.8, 4) is 0 Å². The summed E-state index contributed by atoms with van der Waals surface area (Å²) in [4.78, 5) is 13.2. The normalized spacial score (nSPS) is 16.2. The number of halogens is 1. The molecule has 0 unspecified atom stereocenters. The standard InChI is InChI=1S/C14H19BrN2O3/c15-13-9-11(14(18)19)1-2-12(13)10-16-3-4-17-5-7-20-8-6-17/h1-2,9,16H,3-8,10H2,(H,18,19). The summed E-state index contributed by atoms with van der Waals surface area (Å²) in [6.07, 6.45) is 0. The van der Waals surface area contributed by atoms with Gasteiger partial charge in [0.25, 0.3) is 0 Å². The molecule has 1 aliphatic heterocycles. The van der Waals surface area contributed by atoms with Crippen LogP contribution in [0.3, 0.4) is 0 Å². The number of nitrogens with zero attached hydrogens (tertiary/aromatic N) is 1. The van der Waals surface area contributed by atoms with E-state index in [9.17, 15) is 4.79 Å². The molecule has 1 aromatic rings. The third-order valence-electron chi connectivity index (χ3n) is 3.32. The van der Waals surface area contributed by atoms with E-state index in [1.54, 1.807) is 12.1 Å². The number of nitrogens with one attached hydrogen (secondary N) is 1. The fourth-order valence-electron chi connectivity index (χ4n) is 2.11. The van der Waals surface area contributed by atoms with Crippen LogP contribution in [0.2, 0.25) is 0 Å². The molecular weight excluding hydrogens is 324 g/mol. The number of rotatable bonds is 6. The van der Waals surface area contributed by atoms with Crippen LogP contribution >= 0.6 is 15.9 Å². The fourth-order valence-corrected chi connectivity index (χ4v) is 2.63. The predicted octanol–water partition coefficient (Wildman–Crippen LogP) is 1.57. The Morgan fingerprint density at radius 3 is 2.80 bits per heavy atom. The zero-order valence-electron chi connectivity index (χ0n) is 11.3. The summed E-state index contributed by atoms with van der Waals surface area (Å²) in [6, 6.07) is 5.11. The highest BCUT2D eigenvalue weighted by molar-refractivity contribution is 9.10. The Kier molecular flexibility index (Phi) is 5.97. The Morgan fingerprint density at radius 1 is 1.40 bits per heavy atom. The molecule has 6 heteroatoms. The summed E-state index contributed by atoms with van der Waals surface area (Å²) >= 11 is 3.41. The minimum Gasteiger partial charge on any atom is -0.478 e. The maximum absolute atomic E-state index is 10.8. The highest BCUT2D eigenvalue weighted by Gasteiger charge is 2.10. The van der Waals surface area contributed by atoms with E-state index in [0.717, 1.165) is 56.0 Å². The van der Waals surface area contributed by atoms with Crippen LogP contribution < -0.4 is 5.32 Å². The van der Waals surface area contributed by atoms with Crippen molar-refractivity contribution in [1.82, 2.24) is 10.2 Å². The molecule has 0 amide bonds. The highest BCUT2D eigenvalue weighted by Crippen LogP contribution is 2.18. The molecule has 1 fully saturated rings. The number of carboxylic acids is 1. The van der Waals surface area contributed by atoms with Gasteiger partial charge in [-0.25, -0.2) is 4.79 Å². The second-order valence-electron chi connectivity index (χ2n) is 4.74. The number of hydrogen-bond acceptors (Lipinski definition) is 4. The lowest BCUT2D eigenvalue weighted by atomic mass is 10.1. The second-order valence-corrected chi connectivity index (χ2v) is 5.60. The van der Waals surface area contributed by atoms with Crippen LogP contribution in [0.1, 0.15) is 15.9 Å². The molecule has 0 radical (unpaired) electrons. The maximum atomic E-state index is 10.8. The SMILES string of the molecule is O=C(O)c1ccc(CNCCN2CCOCC2)c(Br)c1. The Hall–Kier alpha value is -0.950. The summed E-state index contributed by atoms with van der Waals surface area (Å²) in [6.45, 7) is 6.29. The van der Waals surface area contributed by atoms with Crippen LogP contribution in [0.25, 0.3) is 0 Å². The van der Waals surface area contributed by atoms with Crippen molar-refractivity contribution in [3.05, 3.63) is 33.8 Å². The first kappa shape index (κ1) is 15.4. The van der Waals surface area contributed by atoms with Crippen molar-refractivity contribution in [2.45, 2.75) is 6.54 Å². The average molecular weight is 343 g/mol. The minimum absolute atomic E-state index is 0.300. The Morgan fingerprint density at radius 2 is 2.15 bits per heavy atom. The van der Waals surface area contributed by atoms with Gasteiger partial charge >= 0.3 is 5.97 Å². The number of benzene rings is 1. The van der Waals surface area contributed by atoms with E-state index in [0.29, 0.717) is 5.56 Å². The van der Waals surface area contributed by atoms with Crippen LogP contribution in [-0.4, -0.2) is 55.4 Å². The van der Waals surface area contributed by atoms with Crippen molar-refractivity contribution >= 4 is 21.9 Å². The van der Waals surface area contributed by atoms with Gasteiger partial charge in [-0.1, -0.05) is 22.0 Å². The molecule has 0 saturated carbocycles. The molecule has 0 atom stereocenters. The van der Waals surface area contributed by atoms with Crippen LogP contribution in [0, 0.1) is 0 Å². The van der Waals surface area contributed by atoms with E-state index in [4.69, 9.17) is 9.84 Å². The summed E-state index contributed by atoms with van der Waals surface area (Å²) in [5.74, 6) is -0.905. The molecule has 5 nitrogen and oxygen atoms in total. The number of hydrogen-bond donors (Lipinski definition) is 2. The summed E-state index contributed by atoms with van der Waals surface area (Å²) in [7, 11) is 0. The van der Waals surface area contributed by atoms with Gasteiger partial charge in [-0.3, -0.25) is 4.90 Å². The van der Waals surface area contributed by atoms with E-state index < -0.39 is 5.97 Å². The van der Waals surface area contributed by atoms with Crippen LogP contribution in [0.4, 0.5) is 0 Å². The monoisotopic (exact) mass is 342 g/mol. The lowest BCUT2D eigenvalue weighted by Crippen LogP contribution is -2.40. The number of morpholine rings is 1. The van der Waals surface area contributed by atoms with E-state index in [1.165, 1.54) is 0 Å². The lowest BCUT2D eigenvalue weighted by Gasteiger charge is -2.26. The first-order chi connectivity index (χ1) is 9.66. The van der Waals surface area contributed by atoms with Crippen molar-refractivity contribution < 1.29 is 14.6 Å². The van der Waals surface area contributed by atoms with Crippen molar-refractivity contribution in [2.75, 3.05) is 39.4 Å². The zero-order valence-corrected chi connectivity index (χ0v) is 12.9. The maximum Gasteiger partial charge on any atom is 0.335 e. The number of aromatic carboxylic acids is 1. The summed E-state index contributed by atoms with van der Waals surface area (Å²) in [5.41, 5.74) is 1.37. The van der Waals surface area contributed by atoms with E-state index >= 15 is 0 Å². The second kappa shape index (κ2) is 7.73. The molecule has 2 rings (SSSR count). The predicted molar refractivity (Wildman–Crippen MR) is 80.1 cm³/mol. The van der Waals surface area contributed by atoms with Gasteiger partial charge in [0, 0.05) is 37.2 Å². The highest BCUT2D eigenvalue weighted by atomic mass is 79.9. The van der Waals surface area contributed by atoms with Gasteiger partial charge in [0.1, 0.15) is 0 Å². The third-order valence-corrected chi connectivity index (χ3v) is 4.06. The van der Waals surface area contributed by atoms with Crippen molar-refractivity contribution in [2.24, 2.45) is 0 Å². The van der Waals surface area contributed by atoms with Crippen LogP contribution in [0.5, 0.6) is 0 Å². The van der Waals surface area contributed by atoms with E-state index in [1.807, 2.05) is 6.07 Å². The van der Waals surface area contributed by atoms with Gasteiger partial charge in [-0.05, 0) is 17.7 Å². The van der Waals surface area contributed by atoms with Gasteiger partial charge in [-0.2, -0.15) is 0 Å². The average Bonchev–Trinajstić information content (AvgIpc) is 2.46. The first-order valence-electron chi connectivity index (χ1n) is 6.69. The third kappa shape index (κ3) is 4.56. The van der Waals surface area contributed by atoms with Gasteiger partial charge in [0.15, 0.2) is 0 Å². The Balaban J connectivity index is 1.74. The van der Waals surface area contributed by atoms with Gasteiger partial charge < -0.3 is 15.2 Å². The Bertz CT molecular complexity index is 462. The topological polar surface area (TPSA) is 61.8 Å². The number of carboxylic acid groups (broad SMARTS) is 1. The van der Waals surface area contributed by atoms with Crippen molar-refractivity contribution in [3.63, 3.8) is 0 Å². The quantitative estimate of drug-likeness (QED) is 0.768. The van der Waals surface area contributed by atoms with Crippen LogP contribution in [-0.2, 0) is 11.3 Å². The molecular formula is C14H19BrN2O3. The minimum atomic E-state index is -0.905. The lowest BCUT2D eigenvalue weighted by molar-refractivity contribution is 0.0384. The molecule has 2 N–H and O–H groups in total. The molecule has 0 spiro atoms. The Labute approximate surface area is 127 Å². The summed E-state index contributed by atoms with van der Waals surface area (Å²) < 4.78 is 6.14. The number of carbonyl (C=O) groups is 1. The molecule has 0 aromatic heterocycles. The first-order valence-corrected chi connectivity index (χ1v) is 7.48. The molecule has 20 heavy (non-hydrogen) atoms. The van der Waals surface area contributed by atoms with E-state index in [2.05, 4.69) is 26.1 Å². The largest absolute Gasteiger partial charge is 0.478 e. The summed E-state index contributed by atoms with van der Waals surface area (Å²) in [5, 5.41) is 12.3. The van der Waals surface area contributed by atoms with Gasteiger partial charge in [-0.15, -0.1) is 0 Å². The molecule has 110 valence electrons. The van der Waals surface area contributed by atoms with Gasteiger partial charge in [0.05, 0.1) is 18.8 Å². The van der Waals surface area contributed by atoms with Gasteiger partial charge in [0.2, 0.25) is 0 Å². The van der Waals surface area contributed by atoms with Crippen molar-refractivity contribution in [1.29, 1.82) is 0 Å². The fraction of sp³-hybridized carbons (Fsp3) is 0.500. The molecule has 1 saturated heterocycles. The molecule has 1 aliphatic rings. The molecule has 1 heterocycles. The zero-order chi connectivity index (χ0) is 14.4. The number of ether oxygens (including phenoxy) is 1. The smallest absolute Gasteiger partial charge is 0.335 e.